The van der Waals surface area contributed by atoms with Crippen molar-refractivity contribution in [3.05, 3.63) is 27.7 Å². The molecule has 2 aromatic rings. The third-order valence-corrected chi connectivity index (χ3v) is 2.12. The summed E-state index contributed by atoms with van der Waals surface area (Å²) in [6, 6.07) is 7.45. The van der Waals surface area contributed by atoms with E-state index < -0.39 is 0 Å². The lowest BCUT2D eigenvalue weighted by atomic mass is 10.3. The fourth-order valence-corrected chi connectivity index (χ4v) is 1.42. The van der Waals surface area contributed by atoms with Crippen LogP contribution in [0.1, 0.15) is 5.89 Å². The van der Waals surface area contributed by atoms with Gasteiger partial charge in [0.2, 0.25) is 0 Å². The maximum absolute atomic E-state index is 8.50. The SMILES string of the molecule is N#Cc1nc2cc(I)ccc2o1. The van der Waals surface area contributed by atoms with E-state index in [-0.39, 0.29) is 5.89 Å². The number of halogens is 1. The lowest BCUT2D eigenvalue weighted by molar-refractivity contribution is 0.584. The van der Waals surface area contributed by atoms with E-state index in [4.69, 9.17) is 9.68 Å². The van der Waals surface area contributed by atoms with Crippen LogP contribution in [-0.4, -0.2) is 4.98 Å². The molecule has 0 spiro atoms. The van der Waals surface area contributed by atoms with Gasteiger partial charge in [-0.15, -0.1) is 0 Å². The number of oxazole rings is 1. The molecule has 0 atom stereocenters. The van der Waals surface area contributed by atoms with Crippen LogP contribution in [0.25, 0.3) is 11.1 Å². The summed E-state index contributed by atoms with van der Waals surface area (Å²) in [6.07, 6.45) is 0. The molecule has 0 bridgehead atoms. The van der Waals surface area contributed by atoms with Crippen molar-refractivity contribution in [2.24, 2.45) is 0 Å². The van der Waals surface area contributed by atoms with Crippen LogP contribution in [0, 0.1) is 14.9 Å². The zero-order chi connectivity index (χ0) is 8.55. The van der Waals surface area contributed by atoms with Crippen LogP contribution in [0.3, 0.4) is 0 Å². The van der Waals surface area contributed by atoms with Crippen LogP contribution < -0.4 is 0 Å². The number of rotatable bonds is 0. The van der Waals surface area contributed by atoms with Crippen molar-refractivity contribution >= 4 is 33.7 Å². The molecule has 0 fully saturated rings. The second-order valence-corrected chi connectivity index (χ2v) is 3.49. The Bertz CT molecular complexity index is 469. The van der Waals surface area contributed by atoms with Gasteiger partial charge in [-0.05, 0) is 40.8 Å². The molecule has 58 valence electrons. The molecule has 0 aliphatic carbocycles. The summed E-state index contributed by atoms with van der Waals surface area (Å²) in [5.41, 5.74) is 1.39. The molecule has 0 amide bonds. The number of hydrogen-bond donors (Lipinski definition) is 0. The molecule has 0 saturated carbocycles. The predicted octanol–water partition coefficient (Wildman–Crippen LogP) is 2.30. The fourth-order valence-electron chi connectivity index (χ4n) is 0.948. The van der Waals surface area contributed by atoms with Gasteiger partial charge >= 0.3 is 5.89 Å². The third-order valence-electron chi connectivity index (χ3n) is 1.45. The molecule has 1 aromatic heterocycles. The van der Waals surface area contributed by atoms with E-state index in [1.54, 1.807) is 0 Å². The maximum atomic E-state index is 8.50. The predicted molar refractivity (Wildman–Crippen MR) is 51.4 cm³/mol. The topological polar surface area (TPSA) is 49.8 Å². The van der Waals surface area contributed by atoms with Crippen LogP contribution in [0.4, 0.5) is 0 Å². The summed E-state index contributed by atoms with van der Waals surface area (Å²) < 4.78 is 6.18. The van der Waals surface area contributed by atoms with Crippen molar-refractivity contribution in [1.82, 2.24) is 4.98 Å². The Balaban J connectivity index is 2.77. The lowest BCUT2D eigenvalue weighted by Gasteiger charge is -1.85. The Hall–Kier alpha value is -1.09. The summed E-state index contributed by atoms with van der Waals surface area (Å²) in [5, 5.41) is 8.50. The van der Waals surface area contributed by atoms with Gasteiger partial charge in [0.15, 0.2) is 11.7 Å². The van der Waals surface area contributed by atoms with Crippen LogP contribution >= 0.6 is 22.6 Å². The first-order valence-electron chi connectivity index (χ1n) is 3.26. The molecule has 12 heavy (non-hydrogen) atoms. The Labute approximate surface area is 82.1 Å². The zero-order valence-corrected chi connectivity index (χ0v) is 8.07. The van der Waals surface area contributed by atoms with E-state index in [1.807, 2.05) is 24.3 Å². The molecular weight excluding hydrogens is 267 g/mol. The first-order chi connectivity index (χ1) is 5.79. The summed E-state index contributed by atoms with van der Waals surface area (Å²) in [6.45, 7) is 0. The molecular formula is C8H3IN2O. The Morgan fingerprint density at radius 1 is 1.50 bits per heavy atom. The van der Waals surface area contributed by atoms with Gasteiger partial charge in [0.05, 0.1) is 0 Å². The van der Waals surface area contributed by atoms with E-state index in [0.717, 1.165) is 9.09 Å². The molecule has 4 heteroatoms. The molecule has 0 unspecified atom stereocenters. The van der Waals surface area contributed by atoms with Crippen molar-refractivity contribution in [2.75, 3.05) is 0 Å². The minimum absolute atomic E-state index is 0.118. The molecule has 0 aliphatic rings. The number of hydrogen-bond acceptors (Lipinski definition) is 3. The van der Waals surface area contributed by atoms with Crippen LogP contribution in [0.15, 0.2) is 22.6 Å². The van der Waals surface area contributed by atoms with Gasteiger partial charge in [-0.1, -0.05) is 0 Å². The van der Waals surface area contributed by atoms with E-state index in [1.165, 1.54) is 0 Å². The monoisotopic (exact) mass is 270 g/mol. The molecule has 0 radical (unpaired) electrons. The molecule has 1 aromatic carbocycles. The molecule has 0 N–H and O–H groups in total. The van der Waals surface area contributed by atoms with Crippen LogP contribution in [0.5, 0.6) is 0 Å². The number of nitrogens with zero attached hydrogens (tertiary/aromatic N) is 2. The van der Waals surface area contributed by atoms with Gasteiger partial charge in [-0.2, -0.15) is 10.2 Å². The number of fused-ring (bicyclic) bond motifs is 1. The normalized spacial score (nSPS) is 10.0. The molecule has 0 saturated heterocycles. The van der Waals surface area contributed by atoms with Crippen LogP contribution in [0.2, 0.25) is 0 Å². The smallest absolute Gasteiger partial charge is 0.301 e. The molecule has 2 rings (SSSR count). The minimum atomic E-state index is 0.118. The van der Waals surface area contributed by atoms with Crippen molar-refractivity contribution < 1.29 is 4.42 Å². The van der Waals surface area contributed by atoms with E-state index in [2.05, 4.69) is 27.6 Å². The quantitative estimate of drug-likeness (QED) is 0.690. The second-order valence-electron chi connectivity index (χ2n) is 2.24. The van der Waals surface area contributed by atoms with Crippen molar-refractivity contribution in [3.63, 3.8) is 0 Å². The van der Waals surface area contributed by atoms with Gasteiger partial charge < -0.3 is 4.42 Å². The van der Waals surface area contributed by atoms with Crippen molar-refractivity contribution in [2.45, 2.75) is 0 Å². The Morgan fingerprint density at radius 3 is 3.08 bits per heavy atom. The first-order valence-corrected chi connectivity index (χ1v) is 4.33. The highest BCUT2D eigenvalue weighted by Crippen LogP contribution is 2.17. The van der Waals surface area contributed by atoms with E-state index >= 15 is 0 Å². The van der Waals surface area contributed by atoms with Gasteiger partial charge in [-0.25, -0.2) is 0 Å². The number of benzene rings is 1. The number of nitriles is 1. The number of aromatic nitrogens is 1. The third kappa shape index (κ3) is 1.16. The van der Waals surface area contributed by atoms with E-state index in [9.17, 15) is 0 Å². The summed E-state index contributed by atoms with van der Waals surface area (Å²) in [5.74, 6) is 0.118. The van der Waals surface area contributed by atoms with Crippen molar-refractivity contribution in [3.8, 4) is 6.07 Å². The summed E-state index contributed by atoms with van der Waals surface area (Å²) >= 11 is 2.18. The first kappa shape index (κ1) is 7.55. The highest BCUT2D eigenvalue weighted by Gasteiger charge is 2.03. The zero-order valence-electron chi connectivity index (χ0n) is 5.91. The summed E-state index contributed by atoms with van der Waals surface area (Å²) in [7, 11) is 0. The largest absolute Gasteiger partial charge is 0.428 e. The van der Waals surface area contributed by atoms with Gasteiger partial charge in [-0.3, -0.25) is 0 Å². The van der Waals surface area contributed by atoms with Gasteiger partial charge in [0.1, 0.15) is 5.52 Å². The fraction of sp³-hybridized carbons (Fsp3) is 0. The highest BCUT2D eigenvalue weighted by molar-refractivity contribution is 14.1. The van der Waals surface area contributed by atoms with Gasteiger partial charge in [0.25, 0.3) is 0 Å². The second kappa shape index (κ2) is 2.75. The average molecular weight is 270 g/mol. The molecule has 3 nitrogen and oxygen atoms in total. The summed E-state index contributed by atoms with van der Waals surface area (Å²) in [4.78, 5) is 3.96. The van der Waals surface area contributed by atoms with Gasteiger partial charge in [0, 0.05) is 3.57 Å². The Morgan fingerprint density at radius 2 is 2.33 bits per heavy atom. The standard InChI is InChI=1S/C8H3IN2O/c9-5-1-2-7-6(3-5)11-8(4-10)12-7/h1-3H. The lowest BCUT2D eigenvalue weighted by Crippen LogP contribution is -1.71. The minimum Gasteiger partial charge on any atom is -0.428 e. The van der Waals surface area contributed by atoms with E-state index in [0.29, 0.717) is 5.58 Å². The highest BCUT2D eigenvalue weighted by atomic mass is 127. The maximum Gasteiger partial charge on any atom is 0.301 e. The average Bonchev–Trinajstić information content (AvgIpc) is 2.46. The molecule has 0 aliphatic heterocycles. The molecule has 1 heterocycles. The van der Waals surface area contributed by atoms with Crippen LogP contribution in [-0.2, 0) is 0 Å². The van der Waals surface area contributed by atoms with Crippen molar-refractivity contribution in [1.29, 1.82) is 5.26 Å². The Kier molecular flexibility index (Phi) is 1.73.